The van der Waals surface area contributed by atoms with Gasteiger partial charge in [0.1, 0.15) is 0 Å². The zero-order valence-electron chi connectivity index (χ0n) is 15.4. The van der Waals surface area contributed by atoms with Gasteiger partial charge in [-0.25, -0.2) is 0 Å². The Kier molecular flexibility index (Phi) is 5.24. The molecule has 24 heavy (non-hydrogen) atoms. The van der Waals surface area contributed by atoms with Gasteiger partial charge in [-0.15, -0.1) is 0 Å². The Morgan fingerprint density at radius 1 is 0.958 bits per heavy atom. The molecule has 3 fully saturated rings. The molecule has 0 spiro atoms. The fourth-order valence-corrected chi connectivity index (χ4v) is 5.87. The number of fused-ring (bicyclic) bond motifs is 3. The van der Waals surface area contributed by atoms with Crippen molar-refractivity contribution >= 4 is 0 Å². The maximum absolute atomic E-state index is 2.94. The monoisotopic (exact) mass is 326 g/mol. The smallest absolute Gasteiger partial charge is 0.0236 e. The molecule has 4 atom stereocenters. The van der Waals surface area contributed by atoms with Crippen LogP contribution in [0.15, 0.2) is 30.3 Å². The van der Waals surface area contributed by atoms with Gasteiger partial charge in [-0.05, 0) is 63.1 Å². The maximum Gasteiger partial charge on any atom is 0.0236 e. The van der Waals surface area contributed by atoms with E-state index in [2.05, 4.69) is 47.1 Å². The molecule has 2 nitrogen and oxygen atoms in total. The number of rotatable bonds is 4. The summed E-state index contributed by atoms with van der Waals surface area (Å²) in [5.74, 6) is 0.927. The Labute approximate surface area is 148 Å². The fourth-order valence-electron chi connectivity index (χ4n) is 5.87. The van der Waals surface area contributed by atoms with E-state index in [0.717, 1.165) is 30.6 Å². The van der Waals surface area contributed by atoms with Gasteiger partial charge in [-0.2, -0.15) is 0 Å². The minimum atomic E-state index is 0.829. The molecular formula is C22H34N2. The molecule has 0 bridgehead atoms. The average molecular weight is 327 g/mol. The Morgan fingerprint density at radius 2 is 1.83 bits per heavy atom. The quantitative estimate of drug-likeness (QED) is 0.791. The van der Waals surface area contributed by atoms with E-state index in [0.29, 0.717) is 0 Å². The molecule has 3 heterocycles. The van der Waals surface area contributed by atoms with Gasteiger partial charge >= 0.3 is 0 Å². The largest absolute Gasteiger partial charge is 0.297 e. The Bertz CT molecular complexity index is 514. The second-order valence-corrected chi connectivity index (χ2v) is 8.31. The Balaban J connectivity index is 1.54. The van der Waals surface area contributed by atoms with E-state index >= 15 is 0 Å². The van der Waals surface area contributed by atoms with Crippen LogP contribution in [0, 0.1) is 5.92 Å². The third-order valence-corrected chi connectivity index (χ3v) is 6.87. The number of hydrogen-bond acceptors (Lipinski definition) is 2. The van der Waals surface area contributed by atoms with Crippen LogP contribution >= 0.6 is 0 Å². The van der Waals surface area contributed by atoms with E-state index in [4.69, 9.17) is 0 Å². The van der Waals surface area contributed by atoms with Gasteiger partial charge in [0, 0.05) is 24.7 Å². The van der Waals surface area contributed by atoms with Crippen LogP contribution < -0.4 is 0 Å². The summed E-state index contributed by atoms with van der Waals surface area (Å²) in [4.78, 5) is 5.79. The number of hydrogen-bond donors (Lipinski definition) is 0. The highest BCUT2D eigenvalue weighted by atomic mass is 15.3. The molecule has 1 aromatic carbocycles. The highest BCUT2D eigenvalue weighted by Crippen LogP contribution is 2.42. The minimum Gasteiger partial charge on any atom is -0.297 e. The summed E-state index contributed by atoms with van der Waals surface area (Å²) in [6.45, 7) is 6.21. The molecule has 0 aliphatic carbocycles. The fraction of sp³-hybridized carbons (Fsp3) is 0.727. The Hall–Kier alpha value is -0.860. The first-order chi connectivity index (χ1) is 11.9. The summed E-state index contributed by atoms with van der Waals surface area (Å²) < 4.78 is 0. The molecule has 4 rings (SSSR count). The molecule has 132 valence electrons. The number of likely N-dealkylation sites (tertiary alicyclic amines) is 1. The van der Waals surface area contributed by atoms with Crippen LogP contribution in [0.3, 0.4) is 0 Å². The van der Waals surface area contributed by atoms with Crippen LogP contribution in [0.1, 0.15) is 63.9 Å². The van der Waals surface area contributed by atoms with Crippen molar-refractivity contribution in [2.45, 2.75) is 83.0 Å². The molecule has 2 heteroatoms. The lowest BCUT2D eigenvalue weighted by Gasteiger charge is -2.57. The van der Waals surface area contributed by atoms with Gasteiger partial charge in [0.25, 0.3) is 0 Å². The van der Waals surface area contributed by atoms with Crippen molar-refractivity contribution in [3.63, 3.8) is 0 Å². The predicted octanol–water partition coefficient (Wildman–Crippen LogP) is 4.69. The first-order valence-corrected chi connectivity index (χ1v) is 10.4. The van der Waals surface area contributed by atoms with Crippen LogP contribution in [0.2, 0.25) is 0 Å². The lowest BCUT2D eigenvalue weighted by Crippen LogP contribution is -2.63. The van der Waals surface area contributed by atoms with E-state index in [9.17, 15) is 0 Å². The van der Waals surface area contributed by atoms with E-state index < -0.39 is 0 Å². The molecular weight excluding hydrogens is 292 g/mol. The van der Waals surface area contributed by atoms with Gasteiger partial charge in [0.2, 0.25) is 0 Å². The highest BCUT2D eigenvalue weighted by molar-refractivity contribution is 5.15. The number of nitrogens with zero attached hydrogens (tertiary/aromatic N) is 2. The minimum absolute atomic E-state index is 0.829. The lowest BCUT2D eigenvalue weighted by atomic mass is 9.72. The molecule has 0 amide bonds. The highest BCUT2D eigenvalue weighted by Gasteiger charge is 2.46. The molecule has 0 N–H and O–H groups in total. The molecule has 3 saturated heterocycles. The third-order valence-electron chi connectivity index (χ3n) is 6.87. The van der Waals surface area contributed by atoms with E-state index in [-0.39, 0.29) is 0 Å². The van der Waals surface area contributed by atoms with Crippen LogP contribution in [0.5, 0.6) is 0 Å². The number of piperidine rings is 3. The van der Waals surface area contributed by atoms with Crippen molar-refractivity contribution < 1.29 is 0 Å². The average Bonchev–Trinajstić information content (AvgIpc) is 2.64. The van der Waals surface area contributed by atoms with E-state index in [1.165, 1.54) is 70.0 Å². The third kappa shape index (κ3) is 3.28. The van der Waals surface area contributed by atoms with Crippen LogP contribution in [-0.2, 0) is 6.54 Å². The first-order valence-electron chi connectivity index (χ1n) is 10.4. The summed E-state index contributed by atoms with van der Waals surface area (Å²) in [5, 5.41) is 0. The second kappa shape index (κ2) is 7.58. The molecule has 0 radical (unpaired) electrons. The summed E-state index contributed by atoms with van der Waals surface area (Å²) in [7, 11) is 0. The zero-order chi connectivity index (χ0) is 16.4. The van der Waals surface area contributed by atoms with E-state index in [1.807, 2.05) is 0 Å². The van der Waals surface area contributed by atoms with Gasteiger partial charge in [0.15, 0.2) is 0 Å². The molecule has 0 saturated carbocycles. The van der Waals surface area contributed by atoms with Crippen molar-refractivity contribution in [2.24, 2.45) is 5.92 Å². The van der Waals surface area contributed by atoms with Crippen LogP contribution in [0.4, 0.5) is 0 Å². The van der Waals surface area contributed by atoms with Gasteiger partial charge in [-0.1, -0.05) is 50.1 Å². The van der Waals surface area contributed by atoms with Gasteiger partial charge in [-0.3, -0.25) is 9.80 Å². The summed E-state index contributed by atoms with van der Waals surface area (Å²) in [6.07, 6.45) is 11.4. The van der Waals surface area contributed by atoms with Crippen molar-refractivity contribution in [3.05, 3.63) is 35.9 Å². The van der Waals surface area contributed by atoms with Gasteiger partial charge < -0.3 is 0 Å². The normalized spacial score (nSPS) is 34.5. The summed E-state index contributed by atoms with van der Waals surface area (Å²) in [6, 6.07) is 13.7. The molecule has 3 aliphatic rings. The maximum atomic E-state index is 2.94. The van der Waals surface area contributed by atoms with E-state index in [1.54, 1.807) is 0 Å². The van der Waals surface area contributed by atoms with Crippen molar-refractivity contribution in [1.29, 1.82) is 0 Å². The SMILES string of the molecule is CCC[C@@H]1C[C@@H]2[C@H](CCCN2Cc2ccccc2)[C@H]2CCCCN12. The zero-order valence-corrected chi connectivity index (χ0v) is 15.4. The van der Waals surface area contributed by atoms with Crippen molar-refractivity contribution in [3.8, 4) is 0 Å². The molecule has 3 aliphatic heterocycles. The molecule has 1 aromatic rings. The second-order valence-electron chi connectivity index (χ2n) is 8.31. The number of benzene rings is 1. The summed E-state index contributed by atoms with van der Waals surface area (Å²) in [5.41, 5.74) is 1.50. The lowest BCUT2D eigenvalue weighted by molar-refractivity contribution is -0.0686. The van der Waals surface area contributed by atoms with Crippen LogP contribution in [-0.4, -0.2) is 41.0 Å². The Morgan fingerprint density at radius 3 is 2.67 bits per heavy atom. The van der Waals surface area contributed by atoms with Crippen LogP contribution in [0.25, 0.3) is 0 Å². The van der Waals surface area contributed by atoms with Gasteiger partial charge in [0.05, 0.1) is 0 Å². The molecule has 0 unspecified atom stereocenters. The topological polar surface area (TPSA) is 6.48 Å². The van der Waals surface area contributed by atoms with Crippen molar-refractivity contribution in [1.82, 2.24) is 9.80 Å². The predicted molar refractivity (Wildman–Crippen MR) is 101 cm³/mol. The van der Waals surface area contributed by atoms with Crippen molar-refractivity contribution in [2.75, 3.05) is 13.1 Å². The first kappa shape index (κ1) is 16.6. The summed E-state index contributed by atoms with van der Waals surface area (Å²) >= 11 is 0. The molecule has 0 aromatic heterocycles. The standard InChI is InChI=1S/C22H34N2/c1-2-9-19-16-22-20(21-13-6-7-15-24(19)21)12-8-14-23(22)17-18-10-4-3-5-11-18/h3-5,10-11,19-22H,2,6-9,12-17H2,1H3/t19-,20-,21-,22-/m1/s1.